The largest absolute Gasteiger partial charge is 0.480 e. The van der Waals surface area contributed by atoms with E-state index in [-0.39, 0.29) is 5.65 Å². The fraction of sp³-hybridized carbons (Fsp3) is 0.800. The first kappa shape index (κ1) is 11.8. The number of thioether (sulfide) groups is 1. The molecule has 0 aliphatic carbocycles. The molecule has 70 valence electrons. The van der Waals surface area contributed by atoms with Crippen LogP contribution in [0.15, 0.2) is 0 Å². The Hall–Kier alpha value is -0.235. The fourth-order valence-electron chi connectivity index (χ4n) is 0.523. The lowest BCUT2D eigenvalue weighted by atomic mass is 9.98. The average molecular weight is 193 g/mol. The van der Waals surface area contributed by atoms with Crippen LogP contribution in [0, 0.1) is 0 Å². The SMILES string of the molecule is N[C@@H](CCSCB(O)O)C(=O)O. The zero-order valence-electron chi connectivity index (χ0n) is 6.51. The fourth-order valence-corrected chi connectivity index (χ4v) is 1.32. The van der Waals surface area contributed by atoms with Crippen molar-refractivity contribution in [3.8, 4) is 0 Å². The molecule has 0 radical (unpaired) electrons. The number of hydrogen-bond acceptors (Lipinski definition) is 5. The molecule has 0 saturated carbocycles. The highest BCUT2D eigenvalue weighted by Gasteiger charge is 2.11. The molecule has 0 spiro atoms. The molecule has 0 amide bonds. The number of aliphatic carboxylic acids is 1. The van der Waals surface area contributed by atoms with Gasteiger partial charge in [0.25, 0.3) is 0 Å². The highest BCUT2D eigenvalue weighted by Crippen LogP contribution is 2.03. The Morgan fingerprint density at radius 1 is 1.58 bits per heavy atom. The minimum Gasteiger partial charge on any atom is -0.480 e. The van der Waals surface area contributed by atoms with Gasteiger partial charge in [0, 0.05) is 5.65 Å². The summed E-state index contributed by atoms with van der Waals surface area (Å²) in [5.41, 5.74) is 5.38. The zero-order chi connectivity index (χ0) is 9.56. The molecular formula is C5H12BNO4S. The number of nitrogens with two attached hydrogens (primary N) is 1. The van der Waals surface area contributed by atoms with E-state index in [4.69, 9.17) is 20.9 Å². The Morgan fingerprint density at radius 2 is 2.17 bits per heavy atom. The first-order valence-electron chi connectivity index (χ1n) is 3.46. The smallest absolute Gasteiger partial charge is 0.461 e. The second-order valence-electron chi connectivity index (χ2n) is 2.29. The van der Waals surface area contributed by atoms with Crippen molar-refractivity contribution in [2.75, 3.05) is 11.4 Å². The van der Waals surface area contributed by atoms with E-state index in [2.05, 4.69) is 0 Å². The van der Waals surface area contributed by atoms with Crippen molar-refractivity contribution in [1.29, 1.82) is 0 Å². The van der Waals surface area contributed by atoms with Gasteiger partial charge in [0.2, 0.25) is 0 Å². The van der Waals surface area contributed by atoms with Crippen LogP contribution in [0.5, 0.6) is 0 Å². The summed E-state index contributed by atoms with van der Waals surface area (Å²) in [5.74, 6) is -0.509. The van der Waals surface area contributed by atoms with E-state index < -0.39 is 19.1 Å². The second-order valence-corrected chi connectivity index (χ2v) is 3.44. The summed E-state index contributed by atoms with van der Waals surface area (Å²) in [7, 11) is -1.34. The lowest BCUT2D eigenvalue weighted by molar-refractivity contribution is -0.138. The lowest BCUT2D eigenvalue weighted by Crippen LogP contribution is -2.30. The summed E-state index contributed by atoms with van der Waals surface area (Å²) in [6.07, 6.45) is 0.340. The van der Waals surface area contributed by atoms with Crippen LogP contribution < -0.4 is 5.73 Å². The number of carboxylic acid groups (broad SMARTS) is 1. The maximum absolute atomic E-state index is 10.2. The van der Waals surface area contributed by atoms with Crippen LogP contribution in [0.2, 0.25) is 0 Å². The number of carbonyl (C=O) groups is 1. The van der Waals surface area contributed by atoms with E-state index in [1.54, 1.807) is 0 Å². The Labute approximate surface area is 75.1 Å². The van der Waals surface area contributed by atoms with Crippen molar-refractivity contribution >= 4 is 24.8 Å². The molecule has 0 aliphatic heterocycles. The highest BCUT2D eigenvalue weighted by atomic mass is 32.2. The molecule has 0 aliphatic rings. The molecule has 0 aromatic rings. The molecule has 5 N–H and O–H groups in total. The number of carboxylic acids is 1. The molecule has 1 atom stereocenters. The summed E-state index contributed by atoms with van der Waals surface area (Å²) in [5, 5.41) is 25.2. The van der Waals surface area contributed by atoms with Crippen LogP contribution in [0.4, 0.5) is 0 Å². The molecule has 0 bridgehead atoms. The molecule has 7 heteroatoms. The third-order valence-electron chi connectivity index (χ3n) is 1.16. The second kappa shape index (κ2) is 6.30. The minimum absolute atomic E-state index is 0.187. The normalized spacial score (nSPS) is 12.6. The average Bonchev–Trinajstić information content (AvgIpc) is 1.97. The minimum atomic E-state index is -1.34. The molecule has 5 nitrogen and oxygen atoms in total. The van der Waals surface area contributed by atoms with Gasteiger partial charge in [-0.15, -0.1) is 0 Å². The number of hydrogen-bond donors (Lipinski definition) is 4. The van der Waals surface area contributed by atoms with Gasteiger partial charge in [-0.25, -0.2) is 0 Å². The van der Waals surface area contributed by atoms with Crippen LogP contribution in [0.3, 0.4) is 0 Å². The molecule has 0 rings (SSSR count). The number of rotatable bonds is 6. The standard InChI is InChI=1S/C5H12BNO4S/c7-4(5(8)9)1-2-12-3-6(10)11/h4,10-11H,1-3,7H2,(H,8,9)/t4-/m0/s1. The van der Waals surface area contributed by atoms with E-state index >= 15 is 0 Å². The Morgan fingerprint density at radius 3 is 2.58 bits per heavy atom. The summed E-state index contributed by atoms with van der Waals surface area (Å²) in [6.45, 7) is 0. The topological polar surface area (TPSA) is 104 Å². The summed E-state index contributed by atoms with van der Waals surface area (Å²) in [6, 6.07) is -0.853. The predicted octanol–water partition coefficient (Wildman–Crippen LogP) is -1.47. The van der Waals surface area contributed by atoms with E-state index in [0.29, 0.717) is 12.2 Å². The van der Waals surface area contributed by atoms with Crippen molar-refractivity contribution in [3.63, 3.8) is 0 Å². The van der Waals surface area contributed by atoms with Gasteiger partial charge in [0.15, 0.2) is 0 Å². The van der Waals surface area contributed by atoms with Crippen LogP contribution in [-0.2, 0) is 4.79 Å². The zero-order valence-corrected chi connectivity index (χ0v) is 7.33. The van der Waals surface area contributed by atoms with Crippen molar-refractivity contribution in [3.05, 3.63) is 0 Å². The Balaban J connectivity index is 3.25. The van der Waals surface area contributed by atoms with E-state index in [9.17, 15) is 4.79 Å². The summed E-state index contributed by atoms with van der Waals surface area (Å²) < 4.78 is 0. The molecule has 0 unspecified atom stereocenters. The van der Waals surface area contributed by atoms with Crippen LogP contribution in [-0.4, -0.2) is 45.7 Å². The summed E-state index contributed by atoms with van der Waals surface area (Å²) >= 11 is 1.26. The van der Waals surface area contributed by atoms with Crippen LogP contribution >= 0.6 is 11.8 Å². The predicted molar refractivity (Wildman–Crippen MR) is 47.7 cm³/mol. The molecule has 0 heterocycles. The van der Waals surface area contributed by atoms with E-state index in [1.165, 1.54) is 11.8 Å². The van der Waals surface area contributed by atoms with Crippen LogP contribution in [0.1, 0.15) is 6.42 Å². The molecule has 0 aromatic heterocycles. The van der Waals surface area contributed by atoms with Gasteiger partial charge in [-0.3, -0.25) is 4.79 Å². The molecule has 0 aromatic carbocycles. The van der Waals surface area contributed by atoms with Gasteiger partial charge < -0.3 is 20.9 Å². The Bertz CT molecular complexity index is 145. The molecular weight excluding hydrogens is 181 g/mol. The van der Waals surface area contributed by atoms with Gasteiger partial charge in [0.05, 0.1) is 0 Å². The van der Waals surface area contributed by atoms with Gasteiger partial charge in [-0.2, -0.15) is 11.8 Å². The lowest BCUT2D eigenvalue weighted by Gasteiger charge is -2.04. The van der Waals surface area contributed by atoms with Crippen molar-refractivity contribution in [1.82, 2.24) is 0 Å². The quantitative estimate of drug-likeness (QED) is 0.303. The first-order valence-corrected chi connectivity index (χ1v) is 4.61. The van der Waals surface area contributed by atoms with E-state index in [1.807, 2.05) is 0 Å². The summed E-state index contributed by atoms with van der Waals surface area (Å²) in [4.78, 5) is 10.2. The monoisotopic (exact) mass is 193 g/mol. The highest BCUT2D eigenvalue weighted by molar-refractivity contribution is 8.00. The van der Waals surface area contributed by atoms with E-state index in [0.717, 1.165) is 0 Å². The van der Waals surface area contributed by atoms with Crippen LogP contribution in [0.25, 0.3) is 0 Å². The molecule has 0 saturated heterocycles. The third-order valence-corrected chi connectivity index (χ3v) is 2.22. The first-order chi connectivity index (χ1) is 5.54. The Kier molecular flexibility index (Phi) is 6.18. The van der Waals surface area contributed by atoms with Crippen molar-refractivity contribution < 1.29 is 19.9 Å². The van der Waals surface area contributed by atoms with Gasteiger partial charge in [0.1, 0.15) is 6.04 Å². The third kappa shape index (κ3) is 6.47. The van der Waals surface area contributed by atoms with Gasteiger partial charge >= 0.3 is 13.1 Å². The van der Waals surface area contributed by atoms with Gasteiger partial charge in [-0.05, 0) is 12.2 Å². The molecule has 0 fully saturated rings. The molecule has 12 heavy (non-hydrogen) atoms. The van der Waals surface area contributed by atoms with Gasteiger partial charge in [-0.1, -0.05) is 0 Å². The van der Waals surface area contributed by atoms with Crippen molar-refractivity contribution in [2.24, 2.45) is 5.73 Å². The maximum atomic E-state index is 10.2. The van der Waals surface area contributed by atoms with Crippen molar-refractivity contribution in [2.45, 2.75) is 12.5 Å². The maximum Gasteiger partial charge on any atom is 0.461 e.